The topological polar surface area (TPSA) is 42.2 Å². The van der Waals surface area contributed by atoms with Crippen molar-refractivity contribution in [3.63, 3.8) is 0 Å². The first kappa shape index (κ1) is 7.85. The van der Waals surface area contributed by atoms with E-state index in [1.54, 1.807) is 0 Å². The third-order valence-corrected chi connectivity index (χ3v) is 1.48. The second-order valence-electron chi connectivity index (χ2n) is 2.73. The van der Waals surface area contributed by atoms with E-state index in [9.17, 15) is 4.79 Å². The molecule has 1 rings (SSSR count). The molecule has 0 spiro atoms. The van der Waals surface area contributed by atoms with E-state index in [1.807, 2.05) is 13.8 Å². The number of nitrogens with zero attached hydrogens (tertiary/aromatic N) is 1. The Labute approximate surface area is 64.9 Å². The summed E-state index contributed by atoms with van der Waals surface area (Å²) < 4.78 is 1.48. The lowest BCUT2D eigenvalue weighted by Gasteiger charge is -2.08. The molecule has 1 N–H and O–H groups in total. The van der Waals surface area contributed by atoms with Crippen LogP contribution in [0.5, 0.6) is 5.75 Å². The third kappa shape index (κ3) is 1.61. The van der Waals surface area contributed by atoms with Gasteiger partial charge >= 0.3 is 0 Å². The Kier molecular flexibility index (Phi) is 1.98. The van der Waals surface area contributed by atoms with E-state index >= 15 is 0 Å². The monoisotopic (exact) mass is 153 g/mol. The summed E-state index contributed by atoms with van der Waals surface area (Å²) in [6, 6.07) is 2.84. The maximum Gasteiger partial charge on any atom is 0.251 e. The number of rotatable bonds is 1. The molecule has 0 aliphatic rings. The van der Waals surface area contributed by atoms with Gasteiger partial charge in [-0.25, -0.2) is 0 Å². The maximum absolute atomic E-state index is 11.1. The zero-order chi connectivity index (χ0) is 8.43. The van der Waals surface area contributed by atoms with Crippen molar-refractivity contribution in [2.45, 2.75) is 19.9 Å². The van der Waals surface area contributed by atoms with Crippen molar-refractivity contribution in [3.05, 3.63) is 28.7 Å². The van der Waals surface area contributed by atoms with Gasteiger partial charge in [0.2, 0.25) is 0 Å². The third-order valence-electron chi connectivity index (χ3n) is 1.48. The van der Waals surface area contributed by atoms with Crippen LogP contribution >= 0.6 is 0 Å². The summed E-state index contributed by atoms with van der Waals surface area (Å²) in [7, 11) is 0. The zero-order valence-electron chi connectivity index (χ0n) is 6.61. The van der Waals surface area contributed by atoms with Gasteiger partial charge in [-0.05, 0) is 19.9 Å². The summed E-state index contributed by atoms with van der Waals surface area (Å²) in [5, 5.41) is 9.03. The number of aromatic nitrogens is 1. The number of aromatic hydroxyl groups is 1. The van der Waals surface area contributed by atoms with Crippen LogP contribution in [0.15, 0.2) is 23.1 Å². The van der Waals surface area contributed by atoms with Crippen LogP contribution in [0.2, 0.25) is 0 Å². The van der Waals surface area contributed by atoms with Crippen molar-refractivity contribution in [1.82, 2.24) is 4.57 Å². The van der Waals surface area contributed by atoms with Crippen LogP contribution in [0.1, 0.15) is 19.9 Å². The summed E-state index contributed by atoms with van der Waals surface area (Å²) in [4.78, 5) is 11.1. The fourth-order valence-electron chi connectivity index (χ4n) is 0.895. The standard InChI is InChI=1S/C8H11NO2/c1-6(2)9-5-7(10)3-4-8(9)11/h3-6,10H,1-2H3. The molecule has 0 fully saturated rings. The van der Waals surface area contributed by atoms with Crippen molar-refractivity contribution < 1.29 is 5.11 Å². The average molecular weight is 153 g/mol. The van der Waals surface area contributed by atoms with Gasteiger partial charge in [0.05, 0.1) is 0 Å². The van der Waals surface area contributed by atoms with Gasteiger partial charge in [0.1, 0.15) is 5.75 Å². The highest BCUT2D eigenvalue weighted by Crippen LogP contribution is 2.06. The van der Waals surface area contributed by atoms with Gasteiger partial charge in [-0.2, -0.15) is 0 Å². The van der Waals surface area contributed by atoms with Gasteiger partial charge in [0.15, 0.2) is 0 Å². The summed E-state index contributed by atoms with van der Waals surface area (Å²) in [5.41, 5.74) is -0.0854. The Hall–Kier alpha value is -1.25. The molecule has 0 unspecified atom stereocenters. The summed E-state index contributed by atoms with van der Waals surface area (Å²) in [6.45, 7) is 3.78. The first-order valence-electron chi connectivity index (χ1n) is 3.52. The van der Waals surface area contributed by atoms with Crippen molar-refractivity contribution in [1.29, 1.82) is 0 Å². The van der Waals surface area contributed by atoms with Gasteiger partial charge in [-0.1, -0.05) is 0 Å². The zero-order valence-corrected chi connectivity index (χ0v) is 6.61. The molecule has 1 heterocycles. The van der Waals surface area contributed by atoms with Crippen molar-refractivity contribution in [2.24, 2.45) is 0 Å². The average Bonchev–Trinajstić information content (AvgIpc) is 1.94. The SMILES string of the molecule is CC(C)n1cc(O)ccc1=O. The highest BCUT2D eigenvalue weighted by Gasteiger charge is 1.99. The fraction of sp³-hybridized carbons (Fsp3) is 0.375. The summed E-state index contributed by atoms with van der Waals surface area (Å²) >= 11 is 0. The molecule has 0 bridgehead atoms. The molecule has 1 aromatic rings. The maximum atomic E-state index is 11.1. The number of hydrogen-bond donors (Lipinski definition) is 1. The molecule has 60 valence electrons. The van der Waals surface area contributed by atoms with Crippen LogP contribution in [0.4, 0.5) is 0 Å². The normalized spacial score (nSPS) is 10.5. The minimum absolute atomic E-state index is 0.0854. The molecule has 3 heteroatoms. The molecule has 1 aromatic heterocycles. The second kappa shape index (κ2) is 2.78. The predicted octanol–water partition coefficient (Wildman–Crippen LogP) is 1.13. The van der Waals surface area contributed by atoms with Crippen LogP contribution in [0, 0.1) is 0 Å². The van der Waals surface area contributed by atoms with E-state index in [-0.39, 0.29) is 17.4 Å². The van der Waals surface area contributed by atoms with Crippen molar-refractivity contribution in [3.8, 4) is 5.75 Å². The second-order valence-corrected chi connectivity index (χ2v) is 2.73. The highest BCUT2D eigenvalue weighted by atomic mass is 16.3. The first-order chi connectivity index (χ1) is 5.11. The van der Waals surface area contributed by atoms with Gasteiger partial charge in [-0.15, -0.1) is 0 Å². The molecule has 0 atom stereocenters. The van der Waals surface area contributed by atoms with Gasteiger partial charge < -0.3 is 9.67 Å². The Morgan fingerprint density at radius 3 is 2.55 bits per heavy atom. The van der Waals surface area contributed by atoms with Crippen LogP contribution < -0.4 is 5.56 Å². The number of hydrogen-bond acceptors (Lipinski definition) is 2. The molecule has 0 saturated carbocycles. The Morgan fingerprint density at radius 2 is 2.09 bits per heavy atom. The Morgan fingerprint density at radius 1 is 1.45 bits per heavy atom. The quantitative estimate of drug-likeness (QED) is 0.657. The lowest BCUT2D eigenvalue weighted by molar-refractivity contribution is 0.457. The van der Waals surface area contributed by atoms with Crippen molar-refractivity contribution in [2.75, 3.05) is 0 Å². The molecule has 0 aliphatic carbocycles. The largest absolute Gasteiger partial charge is 0.506 e. The Balaban J connectivity index is 3.24. The highest BCUT2D eigenvalue weighted by molar-refractivity contribution is 5.14. The minimum atomic E-state index is -0.0854. The van der Waals surface area contributed by atoms with Gasteiger partial charge in [0, 0.05) is 18.3 Å². The van der Waals surface area contributed by atoms with E-state index in [0.717, 1.165) is 0 Å². The van der Waals surface area contributed by atoms with Crippen LogP contribution in [-0.4, -0.2) is 9.67 Å². The van der Waals surface area contributed by atoms with E-state index in [2.05, 4.69) is 0 Å². The first-order valence-corrected chi connectivity index (χ1v) is 3.52. The molecular formula is C8H11NO2. The van der Waals surface area contributed by atoms with Crippen molar-refractivity contribution >= 4 is 0 Å². The minimum Gasteiger partial charge on any atom is -0.506 e. The van der Waals surface area contributed by atoms with Gasteiger partial charge in [0.25, 0.3) is 5.56 Å². The summed E-state index contributed by atoms with van der Waals surface area (Å²) in [5.74, 6) is 0.123. The Bertz CT molecular complexity index is 301. The molecule has 0 aromatic carbocycles. The van der Waals surface area contributed by atoms with Gasteiger partial charge in [-0.3, -0.25) is 4.79 Å². The lowest BCUT2D eigenvalue weighted by Crippen LogP contribution is -2.19. The molecular weight excluding hydrogens is 142 g/mol. The molecule has 0 radical (unpaired) electrons. The molecule has 0 amide bonds. The van der Waals surface area contributed by atoms with Crippen LogP contribution in [0.3, 0.4) is 0 Å². The molecule has 11 heavy (non-hydrogen) atoms. The van der Waals surface area contributed by atoms with E-state index < -0.39 is 0 Å². The van der Waals surface area contributed by atoms with Crippen LogP contribution in [-0.2, 0) is 0 Å². The van der Waals surface area contributed by atoms with E-state index in [0.29, 0.717) is 0 Å². The van der Waals surface area contributed by atoms with E-state index in [4.69, 9.17) is 5.11 Å². The predicted molar refractivity (Wildman–Crippen MR) is 42.8 cm³/mol. The lowest BCUT2D eigenvalue weighted by atomic mass is 10.3. The number of pyridine rings is 1. The van der Waals surface area contributed by atoms with E-state index in [1.165, 1.54) is 22.9 Å². The fourth-order valence-corrected chi connectivity index (χ4v) is 0.895. The molecule has 0 saturated heterocycles. The van der Waals surface area contributed by atoms with Crippen LogP contribution in [0.25, 0.3) is 0 Å². The molecule has 0 aliphatic heterocycles. The smallest absolute Gasteiger partial charge is 0.251 e. The molecule has 3 nitrogen and oxygen atoms in total. The summed E-state index contributed by atoms with van der Waals surface area (Å²) in [6.07, 6.45) is 1.44.